The molecule has 4 rings (SSSR count). The van der Waals surface area contributed by atoms with Crippen molar-refractivity contribution in [2.45, 2.75) is 17.8 Å². The first kappa shape index (κ1) is 22.7. The Morgan fingerprint density at radius 2 is 2.10 bits per heavy atom. The van der Waals surface area contributed by atoms with Gasteiger partial charge in [0, 0.05) is 32.1 Å². The van der Waals surface area contributed by atoms with E-state index in [1.54, 1.807) is 11.3 Å². The fraction of sp³-hybridized carbons (Fsp3) is 0.364. The standard InChI is InChI=1S/C22H23Cl2N3O2S2/c1-2-29-16-4-6-19-20(8-16)31-22(26-19)30-13-21(28)25-9-15-11-27(12-15)10-14-3-5-17(23)18(24)7-14/h3-8,15H,2,9-13H2,1H3,(H,25,28). The number of likely N-dealkylation sites (tertiary alicyclic amines) is 1. The summed E-state index contributed by atoms with van der Waals surface area (Å²) in [6, 6.07) is 11.6. The lowest BCUT2D eigenvalue weighted by molar-refractivity contribution is -0.119. The van der Waals surface area contributed by atoms with Crippen LogP contribution in [-0.4, -0.2) is 47.8 Å². The highest BCUT2D eigenvalue weighted by Gasteiger charge is 2.26. The zero-order valence-corrected chi connectivity index (χ0v) is 20.2. The Hall–Kier alpha value is -1.51. The highest BCUT2D eigenvalue weighted by molar-refractivity contribution is 8.01. The summed E-state index contributed by atoms with van der Waals surface area (Å²) in [6.07, 6.45) is 0. The first-order valence-corrected chi connectivity index (χ1v) is 12.6. The monoisotopic (exact) mass is 495 g/mol. The van der Waals surface area contributed by atoms with E-state index >= 15 is 0 Å². The fourth-order valence-electron chi connectivity index (χ4n) is 3.47. The molecule has 1 N–H and O–H groups in total. The molecule has 0 spiro atoms. The van der Waals surface area contributed by atoms with Gasteiger partial charge < -0.3 is 10.1 Å². The van der Waals surface area contributed by atoms with Gasteiger partial charge in [-0.25, -0.2) is 4.98 Å². The van der Waals surface area contributed by atoms with Gasteiger partial charge in [-0.1, -0.05) is 41.0 Å². The number of rotatable bonds is 9. The van der Waals surface area contributed by atoms with Crippen LogP contribution in [0.3, 0.4) is 0 Å². The van der Waals surface area contributed by atoms with Crippen molar-refractivity contribution in [3.8, 4) is 5.75 Å². The van der Waals surface area contributed by atoms with Crippen molar-refractivity contribution in [2.75, 3.05) is 32.0 Å². The number of thiazole rings is 1. The molecule has 1 fully saturated rings. The van der Waals surface area contributed by atoms with Crippen molar-refractivity contribution in [1.29, 1.82) is 0 Å². The minimum atomic E-state index is 0.0437. The number of carbonyl (C=O) groups is 1. The van der Waals surface area contributed by atoms with E-state index in [1.807, 2.05) is 43.3 Å². The second kappa shape index (κ2) is 10.4. The summed E-state index contributed by atoms with van der Waals surface area (Å²) >= 11 is 15.1. The van der Waals surface area contributed by atoms with Gasteiger partial charge in [-0.2, -0.15) is 0 Å². The number of carbonyl (C=O) groups excluding carboxylic acids is 1. The molecule has 3 aromatic rings. The molecular formula is C22H23Cl2N3O2S2. The van der Waals surface area contributed by atoms with Crippen LogP contribution >= 0.6 is 46.3 Å². The van der Waals surface area contributed by atoms with Gasteiger partial charge in [0.2, 0.25) is 5.91 Å². The molecule has 164 valence electrons. The zero-order valence-electron chi connectivity index (χ0n) is 17.1. The van der Waals surface area contributed by atoms with Gasteiger partial charge in [-0.05, 0) is 42.8 Å². The Bertz CT molecular complexity index is 1070. The largest absolute Gasteiger partial charge is 0.494 e. The Kier molecular flexibility index (Phi) is 7.61. The number of hydrogen-bond acceptors (Lipinski definition) is 6. The molecule has 1 aliphatic rings. The molecule has 0 bridgehead atoms. The van der Waals surface area contributed by atoms with E-state index in [2.05, 4.69) is 15.2 Å². The number of nitrogens with zero attached hydrogens (tertiary/aromatic N) is 2. The van der Waals surface area contributed by atoms with Crippen molar-refractivity contribution in [3.63, 3.8) is 0 Å². The Labute approximate surface area is 200 Å². The van der Waals surface area contributed by atoms with E-state index in [-0.39, 0.29) is 5.91 Å². The molecule has 1 saturated heterocycles. The molecule has 2 heterocycles. The number of benzene rings is 2. The second-order valence-corrected chi connectivity index (χ2v) is 10.5. The number of fused-ring (bicyclic) bond motifs is 1. The maximum absolute atomic E-state index is 12.2. The Balaban J connectivity index is 1.16. The van der Waals surface area contributed by atoms with Crippen molar-refractivity contribution in [1.82, 2.24) is 15.2 Å². The third kappa shape index (κ3) is 6.05. The first-order valence-electron chi connectivity index (χ1n) is 10.1. The normalized spacial score (nSPS) is 14.5. The van der Waals surface area contributed by atoms with Crippen molar-refractivity contribution in [3.05, 3.63) is 52.0 Å². The van der Waals surface area contributed by atoms with Crippen molar-refractivity contribution in [2.24, 2.45) is 5.92 Å². The van der Waals surface area contributed by atoms with Gasteiger partial charge in [0.25, 0.3) is 0 Å². The summed E-state index contributed by atoms with van der Waals surface area (Å²) in [7, 11) is 0. The predicted octanol–water partition coefficient (Wildman–Crippen LogP) is 5.34. The number of nitrogens with one attached hydrogen (secondary N) is 1. The minimum absolute atomic E-state index is 0.0437. The molecule has 0 atom stereocenters. The topological polar surface area (TPSA) is 54.5 Å². The van der Waals surface area contributed by atoms with Gasteiger partial charge in [-0.3, -0.25) is 9.69 Å². The Morgan fingerprint density at radius 3 is 2.87 bits per heavy atom. The van der Waals surface area contributed by atoms with Crippen LogP contribution in [0.2, 0.25) is 10.0 Å². The maximum Gasteiger partial charge on any atom is 0.230 e. The van der Waals surface area contributed by atoms with Crippen LogP contribution in [0, 0.1) is 5.92 Å². The quantitative estimate of drug-likeness (QED) is 0.405. The van der Waals surface area contributed by atoms with Gasteiger partial charge in [0.1, 0.15) is 5.75 Å². The summed E-state index contributed by atoms with van der Waals surface area (Å²) in [5.74, 6) is 1.75. The molecule has 1 aliphatic heterocycles. The molecule has 0 aliphatic carbocycles. The molecular weight excluding hydrogens is 473 g/mol. The molecule has 31 heavy (non-hydrogen) atoms. The lowest BCUT2D eigenvalue weighted by atomic mass is 9.99. The molecule has 2 aromatic carbocycles. The number of hydrogen-bond donors (Lipinski definition) is 1. The van der Waals surface area contributed by atoms with Crippen LogP contribution in [0.15, 0.2) is 40.7 Å². The molecule has 9 heteroatoms. The van der Waals surface area contributed by atoms with E-state index in [1.165, 1.54) is 11.8 Å². The summed E-state index contributed by atoms with van der Waals surface area (Å²) < 4.78 is 7.51. The smallest absolute Gasteiger partial charge is 0.230 e. The predicted molar refractivity (Wildman–Crippen MR) is 130 cm³/mol. The van der Waals surface area contributed by atoms with E-state index in [4.69, 9.17) is 27.9 Å². The van der Waals surface area contributed by atoms with Crippen LogP contribution < -0.4 is 10.1 Å². The third-order valence-corrected chi connectivity index (χ3v) is 7.89. The van der Waals surface area contributed by atoms with Crippen LogP contribution in [-0.2, 0) is 11.3 Å². The van der Waals surface area contributed by atoms with E-state index < -0.39 is 0 Å². The average Bonchev–Trinajstić information content (AvgIpc) is 3.13. The molecule has 0 radical (unpaired) electrons. The highest BCUT2D eigenvalue weighted by atomic mass is 35.5. The summed E-state index contributed by atoms with van der Waals surface area (Å²) in [5.41, 5.74) is 2.09. The molecule has 1 amide bonds. The summed E-state index contributed by atoms with van der Waals surface area (Å²) in [5, 5.41) is 4.21. The average molecular weight is 496 g/mol. The molecule has 1 aromatic heterocycles. The minimum Gasteiger partial charge on any atom is -0.494 e. The second-order valence-electron chi connectivity index (χ2n) is 7.44. The van der Waals surface area contributed by atoms with Crippen LogP contribution in [0.1, 0.15) is 12.5 Å². The third-order valence-electron chi connectivity index (χ3n) is 4.99. The van der Waals surface area contributed by atoms with Crippen molar-refractivity contribution >= 4 is 62.4 Å². The molecule has 5 nitrogen and oxygen atoms in total. The summed E-state index contributed by atoms with van der Waals surface area (Å²) in [6.45, 7) is 6.09. The van der Waals surface area contributed by atoms with Gasteiger partial charge in [0.15, 0.2) is 4.34 Å². The maximum atomic E-state index is 12.2. The first-order chi connectivity index (χ1) is 15.0. The lowest BCUT2D eigenvalue weighted by Gasteiger charge is -2.39. The fourth-order valence-corrected chi connectivity index (χ4v) is 5.72. The molecule has 0 unspecified atom stereocenters. The summed E-state index contributed by atoms with van der Waals surface area (Å²) in [4.78, 5) is 19.2. The van der Waals surface area contributed by atoms with Crippen molar-refractivity contribution < 1.29 is 9.53 Å². The number of amides is 1. The SMILES string of the molecule is CCOc1ccc2nc(SCC(=O)NCC3CN(Cc4ccc(Cl)c(Cl)c4)C3)sc2c1. The number of thioether (sulfide) groups is 1. The van der Waals surface area contributed by atoms with E-state index in [0.717, 1.165) is 45.5 Å². The lowest BCUT2D eigenvalue weighted by Crippen LogP contribution is -2.50. The zero-order chi connectivity index (χ0) is 21.8. The number of halogens is 2. The van der Waals surface area contributed by atoms with Gasteiger partial charge in [-0.15, -0.1) is 11.3 Å². The van der Waals surface area contributed by atoms with Gasteiger partial charge in [0.05, 0.1) is 32.6 Å². The van der Waals surface area contributed by atoms with Crippen LogP contribution in [0.5, 0.6) is 5.75 Å². The number of ether oxygens (including phenoxy) is 1. The Morgan fingerprint density at radius 1 is 1.26 bits per heavy atom. The van der Waals surface area contributed by atoms with Crippen LogP contribution in [0.4, 0.5) is 0 Å². The van der Waals surface area contributed by atoms with Crippen LogP contribution in [0.25, 0.3) is 10.2 Å². The van der Waals surface area contributed by atoms with E-state index in [9.17, 15) is 4.79 Å². The number of aromatic nitrogens is 1. The highest BCUT2D eigenvalue weighted by Crippen LogP contribution is 2.32. The van der Waals surface area contributed by atoms with E-state index in [0.29, 0.717) is 34.9 Å². The molecule has 0 saturated carbocycles. The van der Waals surface area contributed by atoms with Gasteiger partial charge >= 0.3 is 0 Å².